The summed E-state index contributed by atoms with van der Waals surface area (Å²) in [6.07, 6.45) is 1.66. The molecule has 0 spiro atoms. The molecule has 5 heteroatoms. The van der Waals surface area contributed by atoms with Gasteiger partial charge in [-0.3, -0.25) is 4.98 Å². The topological polar surface area (TPSA) is 64.4 Å². The molecule has 0 aliphatic carbocycles. The molecule has 0 unspecified atom stereocenters. The second-order valence-corrected chi connectivity index (χ2v) is 4.28. The largest absolute Gasteiger partial charge is 0.493 e. The predicted molar refractivity (Wildman–Crippen MR) is 77.8 cm³/mol. The second kappa shape index (κ2) is 6.62. The molecular weight excluding hydrogens is 268 g/mol. The van der Waals surface area contributed by atoms with Gasteiger partial charge in [0, 0.05) is 6.20 Å². The molecule has 21 heavy (non-hydrogen) atoms. The number of aromatic nitrogens is 1. The summed E-state index contributed by atoms with van der Waals surface area (Å²) in [7, 11) is 4.63. The Morgan fingerprint density at radius 2 is 1.71 bits per heavy atom. The fourth-order valence-corrected chi connectivity index (χ4v) is 2.13. The van der Waals surface area contributed by atoms with Crippen molar-refractivity contribution in [2.24, 2.45) is 0 Å². The molecule has 0 aliphatic rings. The van der Waals surface area contributed by atoms with Crippen molar-refractivity contribution in [1.29, 1.82) is 5.26 Å². The second-order valence-electron chi connectivity index (χ2n) is 4.28. The van der Waals surface area contributed by atoms with Crippen LogP contribution in [0.2, 0.25) is 0 Å². The average Bonchev–Trinajstić information content (AvgIpc) is 2.55. The van der Waals surface area contributed by atoms with Crippen LogP contribution in [0.1, 0.15) is 17.2 Å². The molecule has 2 aromatic rings. The van der Waals surface area contributed by atoms with Crippen molar-refractivity contribution < 1.29 is 14.2 Å². The summed E-state index contributed by atoms with van der Waals surface area (Å²) in [5, 5.41) is 9.48. The highest BCUT2D eigenvalue weighted by atomic mass is 16.5. The van der Waals surface area contributed by atoms with Crippen LogP contribution in [0.3, 0.4) is 0 Å². The van der Waals surface area contributed by atoms with E-state index in [0.717, 1.165) is 5.56 Å². The van der Waals surface area contributed by atoms with Gasteiger partial charge < -0.3 is 14.2 Å². The Morgan fingerprint density at radius 1 is 1.05 bits per heavy atom. The summed E-state index contributed by atoms with van der Waals surface area (Å²) >= 11 is 0. The van der Waals surface area contributed by atoms with Crippen LogP contribution in [0, 0.1) is 11.3 Å². The van der Waals surface area contributed by atoms with E-state index >= 15 is 0 Å². The van der Waals surface area contributed by atoms with Crippen LogP contribution in [0.4, 0.5) is 0 Å². The highest BCUT2D eigenvalue weighted by molar-refractivity contribution is 5.56. The molecule has 0 saturated heterocycles. The van der Waals surface area contributed by atoms with Crippen LogP contribution in [0.25, 0.3) is 0 Å². The lowest BCUT2D eigenvalue weighted by molar-refractivity contribution is 0.323. The van der Waals surface area contributed by atoms with Gasteiger partial charge in [-0.15, -0.1) is 0 Å². The smallest absolute Gasteiger partial charge is 0.203 e. The van der Waals surface area contributed by atoms with Crippen LogP contribution < -0.4 is 14.2 Å². The first kappa shape index (κ1) is 14.7. The number of methoxy groups -OCH3 is 3. The van der Waals surface area contributed by atoms with Gasteiger partial charge in [0.1, 0.15) is 5.92 Å². The lowest BCUT2D eigenvalue weighted by atomic mass is 9.96. The van der Waals surface area contributed by atoms with Crippen LogP contribution in [-0.4, -0.2) is 26.3 Å². The molecule has 0 saturated carbocycles. The Morgan fingerprint density at radius 3 is 2.14 bits per heavy atom. The predicted octanol–water partition coefficient (Wildman–Crippen LogP) is 2.76. The van der Waals surface area contributed by atoms with Crippen LogP contribution in [0.5, 0.6) is 17.2 Å². The summed E-state index contributed by atoms with van der Waals surface area (Å²) in [5.74, 6) is 1.03. The van der Waals surface area contributed by atoms with Crippen molar-refractivity contribution in [2.75, 3.05) is 21.3 Å². The molecule has 0 fully saturated rings. The van der Waals surface area contributed by atoms with Gasteiger partial charge >= 0.3 is 0 Å². The maximum absolute atomic E-state index is 9.48. The van der Waals surface area contributed by atoms with E-state index in [-0.39, 0.29) is 0 Å². The molecule has 108 valence electrons. The number of hydrogen-bond acceptors (Lipinski definition) is 5. The number of ether oxygens (including phenoxy) is 3. The van der Waals surface area contributed by atoms with Crippen molar-refractivity contribution in [3.63, 3.8) is 0 Å². The van der Waals surface area contributed by atoms with E-state index in [1.54, 1.807) is 39.7 Å². The van der Waals surface area contributed by atoms with Crippen LogP contribution in [0.15, 0.2) is 36.5 Å². The van der Waals surface area contributed by atoms with Gasteiger partial charge in [-0.25, -0.2) is 0 Å². The van der Waals surface area contributed by atoms with Gasteiger partial charge in [-0.1, -0.05) is 6.07 Å². The molecule has 0 radical (unpaired) electrons. The molecular formula is C16H16N2O3. The zero-order chi connectivity index (χ0) is 15.2. The quantitative estimate of drug-likeness (QED) is 0.844. The highest BCUT2D eigenvalue weighted by Gasteiger charge is 2.20. The van der Waals surface area contributed by atoms with Crippen LogP contribution in [-0.2, 0) is 0 Å². The third-order valence-corrected chi connectivity index (χ3v) is 3.13. The zero-order valence-corrected chi connectivity index (χ0v) is 12.2. The van der Waals surface area contributed by atoms with Crippen molar-refractivity contribution >= 4 is 0 Å². The minimum absolute atomic E-state index is 0.500. The Hall–Kier alpha value is -2.74. The number of nitriles is 1. The number of rotatable bonds is 5. The lowest BCUT2D eigenvalue weighted by Gasteiger charge is -2.16. The zero-order valence-electron chi connectivity index (χ0n) is 12.2. The van der Waals surface area contributed by atoms with E-state index in [1.165, 1.54) is 0 Å². The minimum atomic E-state index is -0.500. The third-order valence-electron chi connectivity index (χ3n) is 3.13. The minimum Gasteiger partial charge on any atom is -0.493 e. The van der Waals surface area contributed by atoms with E-state index in [0.29, 0.717) is 22.9 Å². The van der Waals surface area contributed by atoms with Crippen LogP contribution >= 0.6 is 0 Å². The number of nitrogens with zero attached hydrogens (tertiary/aromatic N) is 2. The summed E-state index contributed by atoms with van der Waals surface area (Å²) in [5.41, 5.74) is 1.42. The van der Waals surface area contributed by atoms with E-state index in [2.05, 4.69) is 11.1 Å². The monoisotopic (exact) mass is 284 g/mol. The van der Waals surface area contributed by atoms with Gasteiger partial charge in [-0.05, 0) is 29.8 Å². The first-order chi connectivity index (χ1) is 10.2. The standard InChI is InChI=1S/C16H16N2O3/c1-19-14-8-11(9-15(20-2)16(14)21-3)12(10-17)13-6-4-5-7-18-13/h4-9,12H,1-3H3/t12-/m1/s1. The molecule has 2 rings (SSSR count). The molecule has 0 aliphatic heterocycles. The van der Waals surface area contributed by atoms with Gasteiger partial charge in [0.15, 0.2) is 11.5 Å². The normalized spacial score (nSPS) is 11.3. The number of benzene rings is 1. The average molecular weight is 284 g/mol. The summed E-state index contributed by atoms with van der Waals surface area (Å²) < 4.78 is 15.9. The molecule has 0 N–H and O–H groups in total. The lowest BCUT2D eigenvalue weighted by Crippen LogP contribution is -2.03. The summed E-state index contributed by atoms with van der Waals surface area (Å²) in [6.45, 7) is 0. The maximum atomic E-state index is 9.48. The summed E-state index contributed by atoms with van der Waals surface area (Å²) in [6, 6.07) is 11.3. The van der Waals surface area contributed by atoms with Crippen molar-refractivity contribution in [2.45, 2.75) is 5.92 Å². The Labute approximate surface area is 123 Å². The van der Waals surface area contributed by atoms with E-state index < -0.39 is 5.92 Å². The number of hydrogen-bond donors (Lipinski definition) is 0. The van der Waals surface area contributed by atoms with E-state index in [9.17, 15) is 5.26 Å². The SMILES string of the molecule is COc1cc([C@@H](C#N)c2ccccn2)cc(OC)c1OC. The van der Waals surface area contributed by atoms with Crippen molar-refractivity contribution in [3.05, 3.63) is 47.8 Å². The Balaban J connectivity index is 2.55. The summed E-state index contributed by atoms with van der Waals surface area (Å²) in [4.78, 5) is 4.24. The molecule has 0 bridgehead atoms. The molecule has 1 atom stereocenters. The molecule has 5 nitrogen and oxygen atoms in total. The van der Waals surface area contributed by atoms with Gasteiger partial charge in [-0.2, -0.15) is 5.26 Å². The van der Waals surface area contributed by atoms with E-state index in [1.807, 2.05) is 18.2 Å². The number of pyridine rings is 1. The third kappa shape index (κ3) is 2.90. The first-order valence-corrected chi connectivity index (χ1v) is 6.35. The van der Waals surface area contributed by atoms with E-state index in [4.69, 9.17) is 14.2 Å². The molecule has 0 amide bonds. The first-order valence-electron chi connectivity index (χ1n) is 6.35. The Kier molecular flexibility index (Phi) is 4.62. The Bertz CT molecular complexity index is 625. The van der Waals surface area contributed by atoms with Gasteiger partial charge in [0.25, 0.3) is 0 Å². The maximum Gasteiger partial charge on any atom is 0.203 e. The van der Waals surface area contributed by atoms with Crippen molar-refractivity contribution in [3.8, 4) is 23.3 Å². The van der Waals surface area contributed by atoms with Gasteiger partial charge in [0.2, 0.25) is 5.75 Å². The molecule has 1 heterocycles. The molecule has 1 aromatic heterocycles. The highest BCUT2D eigenvalue weighted by Crippen LogP contribution is 2.40. The fourth-order valence-electron chi connectivity index (χ4n) is 2.13. The van der Waals surface area contributed by atoms with Crippen molar-refractivity contribution in [1.82, 2.24) is 4.98 Å². The molecule has 1 aromatic carbocycles. The van der Waals surface area contributed by atoms with Gasteiger partial charge in [0.05, 0.1) is 33.1 Å². The fraction of sp³-hybridized carbons (Fsp3) is 0.250.